The minimum absolute atomic E-state index is 0.0562. The van der Waals surface area contributed by atoms with Crippen LogP contribution >= 0.6 is 0 Å². The Morgan fingerprint density at radius 1 is 0.851 bits per heavy atom. The molecule has 3 aliphatic rings. The lowest BCUT2D eigenvalue weighted by molar-refractivity contribution is -0.457. The lowest BCUT2D eigenvalue weighted by Crippen LogP contribution is -2.68. The Labute approximate surface area is 271 Å². The van der Waals surface area contributed by atoms with Crippen LogP contribution in [-0.2, 0) is 15.9 Å². The Kier molecular flexibility index (Phi) is 11.9. The molecule has 5 atom stereocenters. The van der Waals surface area contributed by atoms with Crippen LogP contribution < -0.4 is 4.74 Å². The number of likely N-dealkylation sites (N-methyl/N-ethyl adjacent to an activating group) is 1. The van der Waals surface area contributed by atoms with Gasteiger partial charge < -0.3 is 19.1 Å². The van der Waals surface area contributed by atoms with Gasteiger partial charge >= 0.3 is 24.1 Å². The maximum atomic E-state index is 13.1. The van der Waals surface area contributed by atoms with Crippen molar-refractivity contribution in [1.82, 2.24) is 4.90 Å². The first-order valence-corrected chi connectivity index (χ1v) is 16.7. The van der Waals surface area contributed by atoms with Crippen LogP contribution in [0, 0.1) is 23.2 Å². The van der Waals surface area contributed by atoms with Gasteiger partial charge in [-0.3, -0.25) is 0 Å². The number of nitrogens with zero attached hydrogens (tertiary/aromatic N) is 1. The molecule has 4 nitrogen and oxygen atoms in total. The zero-order chi connectivity index (χ0) is 34.8. The van der Waals surface area contributed by atoms with E-state index in [1.165, 1.54) is 29.5 Å². The van der Waals surface area contributed by atoms with Gasteiger partial charge in [-0.25, -0.2) is 0 Å². The highest BCUT2D eigenvalue weighted by atomic mass is 19.4. The summed E-state index contributed by atoms with van der Waals surface area (Å²) in [6.45, 7) is 5.67. The highest BCUT2D eigenvalue weighted by molar-refractivity contribution is 5.40. The molecule has 47 heavy (non-hydrogen) atoms. The zero-order valence-electron chi connectivity index (χ0n) is 27.6. The first kappa shape index (κ1) is 38.1. The van der Waals surface area contributed by atoms with E-state index in [-0.39, 0.29) is 24.7 Å². The minimum atomic E-state index is -6.73. The number of hydrogen-bond donors (Lipinski definition) is 0. The predicted octanol–water partition coefficient (Wildman–Crippen LogP) is 9.51. The summed E-state index contributed by atoms with van der Waals surface area (Å²) in [5.74, 6) is 3.08. The normalized spacial score (nSPS) is 26.8. The zero-order valence-corrected chi connectivity index (χ0v) is 27.6. The molecule has 13 heteroatoms. The van der Waals surface area contributed by atoms with Crippen molar-refractivity contribution in [3.8, 4) is 5.75 Å². The molecule has 3 aliphatic carbocycles. The lowest BCUT2D eigenvalue weighted by Gasteiger charge is -2.50. The van der Waals surface area contributed by atoms with Crippen molar-refractivity contribution in [3.05, 3.63) is 29.3 Å². The van der Waals surface area contributed by atoms with Gasteiger partial charge in [0.1, 0.15) is 5.75 Å². The molecule has 2 fully saturated rings. The Hall–Kier alpha value is -1.73. The summed E-state index contributed by atoms with van der Waals surface area (Å²) in [5, 5.41) is 0. The summed E-state index contributed by atoms with van der Waals surface area (Å²) in [4.78, 5) is 1.31. The second-order valence-corrected chi connectivity index (χ2v) is 14.3. The van der Waals surface area contributed by atoms with Crippen molar-refractivity contribution in [2.45, 2.75) is 115 Å². The topological polar surface area (TPSA) is 30.9 Å². The molecule has 0 heterocycles. The molecule has 0 radical (unpaired) electrons. The Morgan fingerprint density at radius 3 is 2.15 bits per heavy atom. The predicted molar refractivity (Wildman–Crippen MR) is 159 cm³/mol. The molecule has 0 saturated heterocycles. The highest BCUT2D eigenvalue weighted by Crippen LogP contribution is 2.61. The van der Waals surface area contributed by atoms with Crippen LogP contribution in [0.4, 0.5) is 39.5 Å². The Balaban J connectivity index is 1.27. The van der Waals surface area contributed by atoms with Gasteiger partial charge in [0.25, 0.3) is 0 Å². The molecule has 0 spiro atoms. The summed E-state index contributed by atoms with van der Waals surface area (Å²) in [5.41, 5.74) is -3.54. The summed E-state index contributed by atoms with van der Waals surface area (Å²) < 4.78 is 134. The summed E-state index contributed by atoms with van der Waals surface area (Å²) in [6.07, 6.45) is -10.9. The van der Waals surface area contributed by atoms with Crippen molar-refractivity contribution in [3.63, 3.8) is 0 Å². The second kappa shape index (κ2) is 14.6. The first-order chi connectivity index (χ1) is 21.8. The standard InChI is InChI=1S/C34H48F9NO3/c1-22(2)7-5-6-18-45-24-9-11-25-23(21-24)8-10-27-26(25)14-15-30(3)28(27)12-13-29(30)46-19-16-44(4)17-20-47-31(32(35,36)37,33(38,39)40)34(41,42)43/h9,11,21-22,26-29H,5-8,10,12-20H2,1-4H3/t26-,27-,28+,29+,30+/m1/s1. The van der Waals surface area contributed by atoms with Crippen LogP contribution in [0.1, 0.15) is 89.2 Å². The van der Waals surface area contributed by atoms with E-state index in [0.29, 0.717) is 23.7 Å². The van der Waals surface area contributed by atoms with Crippen LogP contribution in [0.2, 0.25) is 0 Å². The smallest absolute Gasteiger partial charge is 0.435 e. The summed E-state index contributed by atoms with van der Waals surface area (Å²) in [6, 6.07) is 6.54. The minimum Gasteiger partial charge on any atom is -0.494 e. The van der Waals surface area contributed by atoms with Gasteiger partial charge in [0.05, 0.1) is 25.9 Å². The van der Waals surface area contributed by atoms with Crippen molar-refractivity contribution in [1.29, 1.82) is 0 Å². The molecule has 1 aromatic rings. The number of ether oxygens (including phenoxy) is 3. The number of benzene rings is 1. The number of unbranched alkanes of at least 4 members (excludes halogenated alkanes) is 1. The molecule has 0 aromatic heterocycles. The van der Waals surface area contributed by atoms with Crippen LogP contribution in [0.3, 0.4) is 0 Å². The first-order valence-electron chi connectivity index (χ1n) is 16.7. The molecule has 0 bridgehead atoms. The molecule has 270 valence electrons. The second-order valence-electron chi connectivity index (χ2n) is 14.3. The van der Waals surface area contributed by atoms with Crippen molar-refractivity contribution < 1.29 is 53.7 Å². The van der Waals surface area contributed by atoms with Crippen LogP contribution in [-0.4, -0.2) is 75.1 Å². The van der Waals surface area contributed by atoms with E-state index in [2.05, 4.69) is 43.7 Å². The average Bonchev–Trinajstić information content (AvgIpc) is 3.28. The van der Waals surface area contributed by atoms with Gasteiger partial charge in [-0.2, -0.15) is 39.5 Å². The number of rotatable bonds is 14. The third-order valence-corrected chi connectivity index (χ3v) is 10.8. The molecule has 4 rings (SSSR count). The Bertz CT molecular complexity index is 1130. The van der Waals surface area contributed by atoms with Gasteiger partial charge in [0.15, 0.2) is 0 Å². The van der Waals surface area contributed by atoms with Gasteiger partial charge in [0.2, 0.25) is 0 Å². The summed E-state index contributed by atoms with van der Waals surface area (Å²) >= 11 is 0. The number of halogens is 9. The molecular weight excluding hydrogens is 641 g/mol. The van der Waals surface area contributed by atoms with Gasteiger partial charge in [0, 0.05) is 13.1 Å². The van der Waals surface area contributed by atoms with Crippen molar-refractivity contribution in [2.75, 3.05) is 40.0 Å². The quantitative estimate of drug-likeness (QED) is 0.144. The fraction of sp³-hybridized carbons (Fsp3) is 0.824. The Morgan fingerprint density at radius 2 is 1.51 bits per heavy atom. The largest absolute Gasteiger partial charge is 0.494 e. The number of alkyl halides is 9. The molecule has 2 saturated carbocycles. The SMILES string of the molecule is CC(C)CCCCOc1ccc2c(c1)CC[C@@H]1[C@@H]2CC[C@]2(C)[C@@H](OCCN(C)CCOC(C(F)(F)F)(C(F)(F)F)C(F)(F)F)CC[C@@H]12. The monoisotopic (exact) mass is 689 g/mol. The van der Waals surface area contributed by atoms with E-state index in [4.69, 9.17) is 9.47 Å². The van der Waals surface area contributed by atoms with Crippen molar-refractivity contribution >= 4 is 0 Å². The summed E-state index contributed by atoms with van der Waals surface area (Å²) in [7, 11) is 1.39. The molecule has 1 aromatic carbocycles. The van der Waals surface area contributed by atoms with Crippen LogP contribution in [0.25, 0.3) is 0 Å². The average molecular weight is 690 g/mol. The molecule has 0 unspecified atom stereocenters. The third-order valence-electron chi connectivity index (χ3n) is 10.8. The maximum absolute atomic E-state index is 13.1. The van der Waals surface area contributed by atoms with E-state index >= 15 is 0 Å². The third kappa shape index (κ3) is 8.03. The molecule has 0 N–H and O–H groups in total. The molecule has 0 amide bonds. The van der Waals surface area contributed by atoms with Crippen molar-refractivity contribution in [2.24, 2.45) is 23.2 Å². The van der Waals surface area contributed by atoms with Gasteiger partial charge in [-0.05, 0) is 111 Å². The number of hydrogen-bond acceptors (Lipinski definition) is 4. The van der Waals surface area contributed by atoms with Gasteiger partial charge in [-0.1, -0.05) is 33.3 Å². The number of aryl methyl sites for hydroxylation is 1. The van der Waals surface area contributed by atoms with E-state index in [0.717, 1.165) is 63.7 Å². The molecular formula is C34H48F9NO3. The van der Waals surface area contributed by atoms with E-state index in [1.54, 1.807) is 0 Å². The van der Waals surface area contributed by atoms with Crippen LogP contribution in [0.5, 0.6) is 5.75 Å². The van der Waals surface area contributed by atoms with E-state index in [1.807, 2.05) is 0 Å². The number of fused-ring (bicyclic) bond motifs is 5. The molecule has 0 aliphatic heterocycles. The highest BCUT2D eigenvalue weighted by Gasteiger charge is 2.85. The van der Waals surface area contributed by atoms with E-state index < -0.39 is 37.3 Å². The lowest BCUT2D eigenvalue weighted by atomic mass is 9.55. The van der Waals surface area contributed by atoms with Crippen LogP contribution in [0.15, 0.2) is 18.2 Å². The fourth-order valence-electron chi connectivity index (χ4n) is 8.26. The maximum Gasteiger partial charge on any atom is 0.435 e. The van der Waals surface area contributed by atoms with E-state index in [9.17, 15) is 39.5 Å². The van der Waals surface area contributed by atoms with Gasteiger partial charge in [-0.15, -0.1) is 0 Å². The fourth-order valence-corrected chi connectivity index (χ4v) is 8.26.